The summed E-state index contributed by atoms with van der Waals surface area (Å²) >= 11 is 3.08. The number of nitrogens with one attached hydrogen (secondary N) is 1. The van der Waals surface area contributed by atoms with Gasteiger partial charge in [0.15, 0.2) is 4.67 Å². The van der Waals surface area contributed by atoms with Crippen LogP contribution in [0.5, 0.6) is 0 Å². The molecule has 0 aromatic carbocycles. The highest BCUT2D eigenvalue weighted by Gasteiger charge is 2.25. The van der Waals surface area contributed by atoms with Crippen LogP contribution in [0.15, 0.2) is 20.0 Å². The monoisotopic (exact) mass is 379 g/mol. The number of sulfonamides is 1. The number of rotatable bonds is 6. The number of halogens is 1. The molecule has 1 saturated carbocycles. The Bertz CT molecular complexity index is 562. The van der Waals surface area contributed by atoms with Gasteiger partial charge >= 0.3 is 0 Å². The zero-order valence-corrected chi connectivity index (χ0v) is 14.5. The third kappa shape index (κ3) is 4.31. The van der Waals surface area contributed by atoms with Gasteiger partial charge in [-0.05, 0) is 40.6 Å². The number of hydrogen-bond donors (Lipinski definition) is 2. The van der Waals surface area contributed by atoms with Gasteiger partial charge in [-0.25, -0.2) is 13.1 Å². The van der Waals surface area contributed by atoms with Gasteiger partial charge in [-0.2, -0.15) is 0 Å². The van der Waals surface area contributed by atoms with Crippen molar-refractivity contribution < 1.29 is 17.9 Å². The standard InChI is InChI=1S/C14H22BrNO4S/c1-2-10-3-5-11(6-4-10)8-16-21(18,19)13-7-12(9-17)20-14(13)15/h7,10-11,16-17H,2-6,8-9H2,1H3. The molecule has 2 rings (SSSR count). The molecule has 21 heavy (non-hydrogen) atoms. The molecule has 1 aliphatic rings. The van der Waals surface area contributed by atoms with Crippen molar-refractivity contribution in [3.05, 3.63) is 16.5 Å². The van der Waals surface area contributed by atoms with Gasteiger partial charge in [0.05, 0.1) is 0 Å². The number of aliphatic hydroxyl groups is 1. The Balaban J connectivity index is 1.94. The van der Waals surface area contributed by atoms with Crippen LogP contribution in [0.1, 0.15) is 44.8 Å². The van der Waals surface area contributed by atoms with Crippen molar-refractivity contribution in [1.29, 1.82) is 0 Å². The highest BCUT2D eigenvalue weighted by Crippen LogP contribution is 2.31. The quantitative estimate of drug-likeness (QED) is 0.795. The summed E-state index contributed by atoms with van der Waals surface area (Å²) < 4.78 is 32.4. The predicted octanol–water partition coefficient (Wildman–Crippen LogP) is 3.03. The minimum Gasteiger partial charge on any atom is -0.450 e. The Morgan fingerprint density at radius 1 is 1.33 bits per heavy atom. The van der Waals surface area contributed by atoms with Crippen molar-refractivity contribution >= 4 is 26.0 Å². The molecule has 1 aromatic heterocycles. The molecule has 120 valence electrons. The molecule has 5 nitrogen and oxygen atoms in total. The molecule has 1 fully saturated rings. The van der Waals surface area contributed by atoms with E-state index in [0.29, 0.717) is 12.5 Å². The van der Waals surface area contributed by atoms with Crippen molar-refractivity contribution in [2.24, 2.45) is 11.8 Å². The van der Waals surface area contributed by atoms with E-state index in [4.69, 9.17) is 9.52 Å². The van der Waals surface area contributed by atoms with Crippen molar-refractivity contribution in [1.82, 2.24) is 4.72 Å². The first-order chi connectivity index (χ1) is 9.96. The summed E-state index contributed by atoms with van der Waals surface area (Å²) in [5.41, 5.74) is 0. The Hall–Kier alpha value is -0.370. The van der Waals surface area contributed by atoms with Gasteiger partial charge < -0.3 is 9.52 Å². The van der Waals surface area contributed by atoms with Crippen molar-refractivity contribution in [2.45, 2.75) is 50.5 Å². The van der Waals surface area contributed by atoms with Gasteiger partial charge in [0, 0.05) is 12.6 Å². The highest BCUT2D eigenvalue weighted by molar-refractivity contribution is 9.10. The second-order valence-corrected chi connectivity index (χ2v) is 8.11. The smallest absolute Gasteiger partial charge is 0.244 e. The van der Waals surface area contributed by atoms with Crippen LogP contribution in [-0.2, 0) is 16.6 Å². The molecule has 1 aliphatic carbocycles. The summed E-state index contributed by atoms with van der Waals surface area (Å²) in [5.74, 6) is 1.43. The fraction of sp³-hybridized carbons (Fsp3) is 0.714. The lowest BCUT2D eigenvalue weighted by molar-refractivity contribution is 0.245. The minimum atomic E-state index is -3.60. The van der Waals surface area contributed by atoms with Crippen molar-refractivity contribution in [2.75, 3.05) is 6.54 Å². The van der Waals surface area contributed by atoms with Gasteiger partial charge in [-0.15, -0.1) is 0 Å². The van der Waals surface area contributed by atoms with Crippen LogP contribution in [0.25, 0.3) is 0 Å². The average Bonchev–Trinajstić information content (AvgIpc) is 2.88. The topological polar surface area (TPSA) is 79.5 Å². The Morgan fingerprint density at radius 2 is 1.95 bits per heavy atom. The molecule has 0 bridgehead atoms. The van der Waals surface area contributed by atoms with Crippen LogP contribution in [0.4, 0.5) is 0 Å². The molecule has 2 N–H and O–H groups in total. The molecular formula is C14H22BrNO4S. The van der Waals surface area contributed by atoms with E-state index >= 15 is 0 Å². The summed E-state index contributed by atoms with van der Waals surface area (Å²) in [5, 5.41) is 8.99. The molecule has 0 spiro atoms. The van der Waals surface area contributed by atoms with Gasteiger partial charge in [0.25, 0.3) is 0 Å². The van der Waals surface area contributed by atoms with E-state index in [9.17, 15) is 8.42 Å². The Labute approximate surface area is 134 Å². The van der Waals surface area contributed by atoms with Crippen LogP contribution in [0.3, 0.4) is 0 Å². The molecule has 0 unspecified atom stereocenters. The molecule has 0 atom stereocenters. The maximum Gasteiger partial charge on any atom is 0.244 e. The lowest BCUT2D eigenvalue weighted by atomic mass is 9.81. The number of furan rings is 1. The van der Waals surface area contributed by atoms with Crippen LogP contribution in [-0.4, -0.2) is 20.1 Å². The van der Waals surface area contributed by atoms with Gasteiger partial charge in [0.1, 0.15) is 17.3 Å². The Morgan fingerprint density at radius 3 is 2.48 bits per heavy atom. The molecule has 0 aliphatic heterocycles. The second kappa shape index (κ2) is 7.26. The SMILES string of the molecule is CCC1CCC(CNS(=O)(=O)c2cc(CO)oc2Br)CC1. The third-order valence-electron chi connectivity index (χ3n) is 4.26. The number of hydrogen-bond acceptors (Lipinski definition) is 4. The van der Waals surface area contributed by atoms with E-state index in [2.05, 4.69) is 27.6 Å². The molecule has 1 heterocycles. The van der Waals surface area contributed by atoms with Gasteiger partial charge in [0.2, 0.25) is 10.0 Å². The highest BCUT2D eigenvalue weighted by atomic mass is 79.9. The Kier molecular flexibility index (Phi) is 5.88. The number of aliphatic hydroxyl groups excluding tert-OH is 1. The lowest BCUT2D eigenvalue weighted by Crippen LogP contribution is -2.31. The fourth-order valence-electron chi connectivity index (χ4n) is 2.81. The first-order valence-electron chi connectivity index (χ1n) is 7.35. The maximum absolute atomic E-state index is 12.3. The van der Waals surface area contributed by atoms with Crippen LogP contribution >= 0.6 is 15.9 Å². The molecule has 0 radical (unpaired) electrons. The second-order valence-electron chi connectivity index (χ2n) is 5.66. The first kappa shape index (κ1) is 17.0. The molecule has 0 amide bonds. The molecule has 0 saturated heterocycles. The van der Waals surface area contributed by atoms with Gasteiger partial charge in [-0.3, -0.25) is 0 Å². The summed E-state index contributed by atoms with van der Waals surface area (Å²) in [6.07, 6.45) is 5.75. The normalized spacial score (nSPS) is 23.4. The van der Waals surface area contributed by atoms with Crippen molar-refractivity contribution in [3.8, 4) is 0 Å². The predicted molar refractivity (Wildman–Crippen MR) is 83.3 cm³/mol. The summed E-state index contributed by atoms with van der Waals surface area (Å²) in [6, 6.07) is 1.35. The van der Waals surface area contributed by atoms with Crippen LogP contribution < -0.4 is 4.72 Å². The average molecular weight is 380 g/mol. The van der Waals surface area contributed by atoms with Crippen LogP contribution in [0.2, 0.25) is 0 Å². The van der Waals surface area contributed by atoms with Gasteiger partial charge in [-0.1, -0.05) is 26.2 Å². The van der Waals surface area contributed by atoms with E-state index in [1.807, 2.05) is 0 Å². The van der Waals surface area contributed by atoms with Crippen LogP contribution in [0, 0.1) is 11.8 Å². The fourth-order valence-corrected chi connectivity index (χ4v) is 4.92. The maximum atomic E-state index is 12.3. The largest absolute Gasteiger partial charge is 0.450 e. The third-order valence-corrected chi connectivity index (χ3v) is 6.54. The zero-order chi connectivity index (χ0) is 15.5. The van der Waals surface area contributed by atoms with Crippen molar-refractivity contribution in [3.63, 3.8) is 0 Å². The van der Waals surface area contributed by atoms with E-state index in [-0.39, 0.29) is 21.9 Å². The minimum absolute atomic E-state index is 0.0498. The summed E-state index contributed by atoms with van der Waals surface area (Å²) in [4.78, 5) is 0.0498. The lowest BCUT2D eigenvalue weighted by Gasteiger charge is -2.27. The van der Waals surface area contributed by atoms with E-state index in [0.717, 1.165) is 18.8 Å². The zero-order valence-electron chi connectivity index (χ0n) is 12.1. The molecule has 7 heteroatoms. The van der Waals surface area contributed by atoms with E-state index in [1.54, 1.807) is 0 Å². The van der Waals surface area contributed by atoms with E-state index in [1.165, 1.54) is 25.3 Å². The molecule has 1 aromatic rings. The molecular weight excluding hydrogens is 358 g/mol. The summed E-state index contributed by atoms with van der Waals surface area (Å²) in [7, 11) is -3.60. The summed E-state index contributed by atoms with van der Waals surface area (Å²) in [6.45, 7) is 2.35. The van der Waals surface area contributed by atoms with E-state index < -0.39 is 10.0 Å². The first-order valence-corrected chi connectivity index (χ1v) is 9.62.